The fourth-order valence-corrected chi connectivity index (χ4v) is 2.03. The van der Waals surface area contributed by atoms with Crippen LogP contribution in [0.5, 0.6) is 0 Å². The van der Waals surface area contributed by atoms with Crippen molar-refractivity contribution in [2.45, 2.75) is 13.0 Å². The zero-order valence-electron chi connectivity index (χ0n) is 9.53. The molecule has 1 heterocycles. The van der Waals surface area contributed by atoms with E-state index >= 15 is 0 Å². The molecule has 0 aromatic heterocycles. The van der Waals surface area contributed by atoms with Gasteiger partial charge in [-0.1, -0.05) is 12.1 Å². The minimum Gasteiger partial charge on any atom is -0.458 e. The highest BCUT2D eigenvalue weighted by Crippen LogP contribution is 2.09. The van der Waals surface area contributed by atoms with E-state index in [-0.39, 0.29) is 5.82 Å². The molecule has 1 aromatic carbocycles. The van der Waals surface area contributed by atoms with Crippen LogP contribution in [-0.4, -0.2) is 36.0 Å². The Hall–Kier alpha value is -0.930. The lowest BCUT2D eigenvalue weighted by Crippen LogP contribution is -2.27. The molecular weight excluding hydrogens is 203 g/mol. The molecule has 2 rings (SSSR count). The monoisotopic (exact) mass is 221 g/mol. The molecule has 16 heavy (non-hydrogen) atoms. The largest absolute Gasteiger partial charge is 0.458 e. The van der Waals surface area contributed by atoms with Crippen molar-refractivity contribution < 1.29 is 4.39 Å². The van der Waals surface area contributed by atoms with E-state index in [0.29, 0.717) is 0 Å². The van der Waals surface area contributed by atoms with Gasteiger partial charge in [0, 0.05) is 13.1 Å². The van der Waals surface area contributed by atoms with Crippen molar-refractivity contribution in [3.63, 3.8) is 0 Å². The Kier molecular flexibility index (Phi) is 3.91. The Labute approximate surface area is 96.7 Å². The number of nitrogens with zero attached hydrogens (tertiary/aromatic N) is 2. The number of halogens is 1. The summed E-state index contributed by atoms with van der Waals surface area (Å²) in [6, 6.07) is 6.78. The maximum Gasteiger partial charge on any atom is 0.123 e. The second-order valence-corrected chi connectivity index (χ2v) is 4.37. The van der Waals surface area contributed by atoms with E-state index in [9.17, 15) is 4.39 Å². The van der Waals surface area contributed by atoms with Crippen molar-refractivity contribution in [2.75, 3.05) is 26.2 Å². The fraction of sp³-hybridized carbons (Fsp3) is 0.462. The van der Waals surface area contributed by atoms with Gasteiger partial charge < -0.3 is 4.90 Å². The van der Waals surface area contributed by atoms with Gasteiger partial charge in [-0.3, -0.25) is 11.9 Å². The summed E-state index contributed by atoms with van der Waals surface area (Å²) in [5.74, 6) is -0.163. The third-order valence-electron chi connectivity index (χ3n) is 3.00. The molecule has 1 aliphatic heterocycles. The van der Waals surface area contributed by atoms with Crippen LogP contribution >= 0.6 is 0 Å². The molecule has 0 saturated carbocycles. The molecule has 1 aliphatic rings. The van der Waals surface area contributed by atoms with Gasteiger partial charge in [-0.15, -0.1) is 0 Å². The zero-order chi connectivity index (χ0) is 11.4. The van der Waals surface area contributed by atoms with E-state index in [2.05, 4.69) is 16.8 Å². The summed E-state index contributed by atoms with van der Waals surface area (Å²) in [7, 11) is 3.97. The number of hydrogen-bond donors (Lipinski definition) is 0. The summed E-state index contributed by atoms with van der Waals surface area (Å²) in [6.07, 6.45) is 1.16. The molecule has 2 nitrogen and oxygen atoms in total. The Morgan fingerprint density at radius 2 is 1.81 bits per heavy atom. The lowest BCUT2D eigenvalue weighted by molar-refractivity contribution is 0.274. The van der Waals surface area contributed by atoms with E-state index in [0.717, 1.165) is 39.1 Å². The van der Waals surface area contributed by atoms with Gasteiger partial charge in [0.15, 0.2) is 0 Å². The van der Waals surface area contributed by atoms with Crippen LogP contribution in [0.3, 0.4) is 0 Å². The zero-order valence-corrected chi connectivity index (χ0v) is 9.53. The molecular formula is C13H18FN2-. The molecule has 3 heteroatoms. The van der Waals surface area contributed by atoms with Gasteiger partial charge in [0.2, 0.25) is 0 Å². The number of rotatable bonds is 2. The predicted molar refractivity (Wildman–Crippen MR) is 63.2 cm³/mol. The molecule has 0 amide bonds. The Bertz CT molecular complexity index is 323. The van der Waals surface area contributed by atoms with Gasteiger partial charge in [-0.2, -0.15) is 0 Å². The molecule has 1 fully saturated rings. The van der Waals surface area contributed by atoms with Crippen LogP contribution in [0.4, 0.5) is 4.39 Å². The van der Waals surface area contributed by atoms with E-state index in [1.165, 1.54) is 17.7 Å². The van der Waals surface area contributed by atoms with Crippen molar-refractivity contribution in [3.8, 4) is 0 Å². The van der Waals surface area contributed by atoms with Crippen molar-refractivity contribution >= 4 is 0 Å². The second-order valence-electron chi connectivity index (χ2n) is 4.37. The van der Waals surface area contributed by atoms with Crippen LogP contribution in [-0.2, 0) is 6.54 Å². The molecule has 0 atom stereocenters. The Balaban J connectivity index is 1.91. The van der Waals surface area contributed by atoms with E-state index < -0.39 is 0 Å². The predicted octanol–water partition coefficient (Wildman–Crippen LogP) is 2.12. The van der Waals surface area contributed by atoms with Gasteiger partial charge >= 0.3 is 0 Å². The van der Waals surface area contributed by atoms with Crippen molar-refractivity contribution in [2.24, 2.45) is 0 Å². The first kappa shape index (κ1) is 11.6. The average Bonchev–Trinajstić information content (AvgIpc) is 2.47. The lowest BCUT2D eigenvalue weighted by Gasteiger charge is -2.23. The molecule has 0 unspecified atom stereocenters. The summed E-state index contributed by atoms with van der Waals surface area (Å²) in [5, 5.41) is 0. The van der Waals surface area contributed by atoms with Crippen LogP contribution in [0.25, 0.3) is 0 Å². The molecule has 0 spiro atoms. The number of benzene rings is 1. The summed E-state index contributed by atoms with van der Waals surface area (Å²) >= 11 is 0. The molecule has 88 valence electrons. The third-order valence-corrected chi connectivity index (χ3v) is 3.00. The standard InChI is InChI=1S/C13H18FN2/c1-15-7-2-8-16(10-9-15)11-12-3-5-13(14)6-4-12/h3-6H,1-2,7-11H2/q-1. The lowest BCUT2D eigenvalue weighted by atomic mass is 10.2. The van der Waals surface area contributed by atoms with Crippen molar-refractivity contribution in [3.05, 3.63) is 42.7 Å². The minimum absolute atomic E-state index is 0.163. The van der Waals surface area contributed by atoms with Crippen molar-refractivity contribution in [1.82, 2.24) is 9.80 Å². The van der Waals surface area contributed by atoms with E-state index in [4.69, 9.17) is 0 Å². The van der Waals surface area contributed by atoms with Crippen LogP contribution in [0.2, 0.25) is 0 Å². The second kappa shape index (κ2) is 5.41. The molecule has 0 aliphatic carbocycles. The van der Waals surface area contributed by atoms with Crippen LogP contribution in [0, 0.1) is 12.9 Å². The highest BCUT2D eigenvalue weighted by molar-refractivity contribution is 5.15. The van der Waals surface area contributed by atoms with Crippen LogP contribution < -0.4 is 0 Å². The quantitative estimate of drug-likeness (QED) is 0.706. The van der Waals surface area contributed by atoms with Gasteiger partial charge in [0.05, 0.1) is 0 Å². The van der Waals surface area contributed by atoms with Gasteiger partial charge in [-0.05, 0) is 43.8 Å². The van der Waals surface area contributed by atoms with Crippen LogP contribution in [0.1, 0.15) is 12.0 Å². The van der Waals surface area contributed by atoms with Gasteiger partial charge in [0.1, 0.15) is 5.82 Å². The summed E-state index contributed by atoms with van der Waals surface area (Å²) in [6.45, 7) is 5.14. The van der Waals surface area contributed by atoms with Gasteiger partial charge in [-0.25, -0.2) is 4.39 Å². The van der Waals surface area contributed by atoms with Crippen LogP contribution in [0.15, 0.2) is 24.3 Å². The van der Waals surface area contributed by atoms with Gasteiger partial charge in [0.25, 0.3) is 0 Å². The minimum atomic E-state index is -0.163. The highest BCUT2D eigenvalue weighted by atomic mass is 19.1. The maximum atomic E-state index is 12.8. The SMILES string of the molecule is [CH2-]N1CCCN(Cc2ccc(F)cc2)CC1. The number of hydrogen-bond acceptors (Lipinski definition) is 2. The Morgan fingerprint density at radius 3 is 2.56 bits per heavy atom. The van der Waals surface area contributed by atoms with E-state index in [1.807, 2.05) is 12.1 Å². The van der Waals surface area contributed by atoms with E-state index in [1.54, 1.807) is 0 Å². The summed E-state index contributed by atoms with van der Waals surface area (Å²) in [4.78, 5) is 4.52. The molecule has 0 N–H and O–H groups in total. The Morgan fingerprint density at radius 1 is 1.06 bits per heavy atom. The summed E-state index contributed by atoms with van der Waals surface area (Å²) < 4.78 is 12.8. The smallest absolute Gasteiger partial charge is 0.123 e. The first-order valence-corrected chi connectivity index (χ1v) is 5.76. The highest BCUT2D eigenvalue weighted by Gasteiger charge is 2.09. The summed E-state index contributed by atoms with van der Waals surface area (Å²) in [5.41, 5.74) is 1.18. The first-order chi connectivity index (χ1) is 7.74. The fourth-order valence-electron chi connectivity index (χ4n) is 2.03. The molecule has 0 radical (unpaired) electrons. The third kappa shape index (κ3) is 3.29. The molecule has 1 saturated heterocycles. The average molecular weight is 221 g/mol. The maximum absolute atomic E-state index is 12.8. The first-order valence-electron chi connectivity index (χ1n) is 5.76. The van der Waals surface area contributed by atoms with Crippen molar-refractivity contribution in [1.29, 1.82) is 0 Å². The normalized spacial score (nSPS) is 19.6. The topological polar surface area (TPSA) is 6.48 Å². The molecule has 1 aromatic rings. The molecule has 0 bridgehead atoms.